The predicted molar refractivity (Wildman–Crippen MR) is 261 cm³/mol. The second kappa shape index (κ2) is 51.0. The molecule has 0 amide bonds. The number of hydrogen-bond acceptors (Lipinski definition) is 6. The lowest BCUT2D eigenvalue weighted by molar-refractivity contribution is -0.167. The summed E-state index contributed by atoms with van der Waals surface area (Å²) in [7, 11) is 0. The Kier molecular flexibility index (Phi) is 49.7. The smallest absolute Gasteiger partial charge is 0.306 e. The monoisotopic (exact) mass is 863 g/mol. The second-order valence-electron chi connectivity index (χ2n) is 18.9. The Hall–Kier alpha value is -1.59. The molecule has 0 radical (unpaired) electrons. The fraction of sp³-hybridized carbons (Fsp3) is 0.945. The Morgan fingerprint density at radius 1 is 0.262 bits per heavy atom. The molecule has 0 fully saturated rings. The molecule has 0 aliphatic rings. The molecule has 362 valence electrons. The van der Waals surface area contributed by atoms with Crippen molar-refractivity contribution < 1.29 is 28.6 Å². The zero-order valence-electron chi connectivity index (χ0n) is 41.5. The zero-order chi connectivity index (χ0) is 44.4. The van der Waals surface area contributed by atoms with Crippen molar-refractivity contribution >= 4 is 17.9 Å². The predicted octanol–water partition coefficient (Wildman–Crippen LogP) is 18.0. The van der Waals surface area contributed by atoms with Crippen molar-refractivity contribution in [2.24, 2.45) is 0 Å². The molecule has 0 aliphatic carbocycles. The van der Waals surface area contributed by atoms with Crippen LogP contribution in [0.5, 0.6) is 0 Å². The molecule has 6 heteroatoms. The first-order valence-corrected chi connectivity index (χ1v) is 27.5. The van der Waals surface area contributed by atoms with E-state index in [-0.39, 0.29) is 31.1 Å². The van der Waals surface area contributed by atoms with Crippen LogP contribution < -0.4 is 0 Å². The molecule has 6 nitrogen and oxygen atoms in total. The van der Waals surface area contributed by atoms with Gasteiger partial charge in [0.2, 0.25) is 0 Å². The van der Waals surface area contributed by atoms with Crippen LogP contribution in [0, 0.1) is 0 Å². The van der Waals surface area contributed by atoms with Crippen molar-refractivity contribution in [3.05, 3.63) is 0 Å². The summed E-state index contributed by atoms with van der Waals surface area (Å²) in [5.74, 6) is -0.837. The third kappa shape index (κ3) is 49.3. The molecule has 0 saturated heterocycles. The summed E-state index contributed by atoms with van der Waals surface area (Å²) in [5.41, 5.74) is 0. The van der Waals surface area contributed by atoms with Gasteiger partial charge in [0.25, 0.3) is 0 Å². The molecule has 0 saturated carbocycles. The fourth-order valence-corrected chi connectivity index (χ4v) is 8.45. The summed E-state index contributed by atoms with van der Waals surface area (Å²) in [5, 5.41) is 0. The summed E-state index contributed by atoms with van der Waals surface area (Å²) in [6.45, 7) is 6.69. The van der Waals surface area contributed by atoms with Crippen molar-refractivity contribution in [1.82, 2.24) is 0 Å². The van der Waals surface area contributed by atoms with E-state index in [4.69, 9.17) is 14.2 Å². The van der Waals surface area contributed by atoms with Gasteiger partial charge in [0, 0.05) is 19.3 Å². The van der Waals surface area contributed by atoms with E-state index in [0.717, 1.165) is 57.8 Å². The maximum atomic E-state index is 12.8. The first-order valence-electron chi connectivity index (χ1n) is 27.5. The van der Waals surface area contributed by atoms with Crippen molar-refractivity contribution in [3.8, 4) is 0 Å². The quantitative estimate of drug-likeness (QED) is 0.0344. The zero-order valence-corrected chi connectivity index (χ0v) is 41.5. The molecule has 0 aliphatic heterocycles. The minimum absolute atomic E-state index is 0.0614. The third-order valence-corrected chi connectivity index (χ3v) is 12.6. The van der Waals surface area contributed by atoms with E-state index < -0.39 is 6.10 Å². The minimum Gasteiger partial charge on any atom is -0.462 e. The molecule has 0 bridgehead atoms. The van der Waals surface area contributed by atoms with Crippen LogP contribution in [-0.4, -0.2) is 37.2 Å². The van der Waals surface area contributed by atoms with Gasteiger partial charge >= 0.3 is 17.9 Å². The molecule has 0 aromatic rings. The molecule has 0 unspecified atom stereocenters. The summed E-state index contributed by atoms with van der Waals surface area (Å²) in [6, 6.07) is 0. The number of rotatable bonds is 51. The standard InChI is InChI=1S/C55H106O6/c1-4-7-10-13-16-19-22-24-26-27-29-30-33-36-39-42-45-48-54(57)60-51-52(50-59-53(56)47-44-41-38-35-32-21-18-15-12-9-6-3)61-55(58)49-46-43-40-37-34-31-28-25-23-20-17-14-11-8-5-2/h52H,4-51H2,1-3H3/t52-/m0/s1. The first kappa shape index (κ1) is 59.4. The van der Waals surface area contributed by atoms with E-state index in [0.29, 0.717) is 19.3 Å². The molecule has 0 aromatic carbocycles. The number of carbonyl (C=O) groups excluding carboxylic acids is 3. The Morgan fingerprint density at radius 3 is 0.656 bits per heavy atom. The summed E-state index contributed by atoms with van der Waals surface area (Å²) >= 11 is 0. The Balaban J connectivity index is 4.27. The van der Waals surface area contributed by atoms with Gasteiger partial charge < -0.3 is 14.2 Å². The minimum atomic E-state index is -0.760. The molecular formula is C55H106O6. The van der Waals surface area contributed by atoms with Gasteiger partial charge in [0.1, 0.15) is 13.2 Å². The summed E-state index contributed by atoms with van der Waals surface area (Å²) in [6.07, 6.45) is 55.1. The number of carbonyl (C=O) groups is 3. The van der Waals surface area contributed by atoms with Gasteiger partial charge in [0.05, 0.1) is 0 Å². The highest BCUT2D eigenvalue weighted by Gasteiger charge is 2.19. The lowest BCUT2D eigenvalue weighted by Gasteiger charge is -2.18. The van der Waals surface area contributed by atoms with Crippen LogP contribution in [0.4, 0.5) is 0 Å². The molecule has 0 heterocycles. The fourth-order valence-electron chi connectivity index (χ4n) is 8.45. The van der Waals surface area contributed by atoms with Crippen LogP contribution in [0.2, 0.25) is 0 Å². The average Bonchev–Trinajstić information content (AvgIpc) is 3.26. The van der Waals surface area contributed by atoms with Gasteiger partial charge in [-0.05, 0) is 19.3 Å². The maximum Gasteiger partial charge on any atom is 0.306 e. The number of esters is 3. The Morgan fingerprint density at radius 2 is 0.443 bits per heavy atom. The largest absolute Gasteiger partial charge is 0.462 e. The van der Waals surface area contributed by atoms with Crippen LogP contribution in [0.25, 0.3) is 0 Å². The van der Waals surface area contributed by atoms with Crippen LogP contribution in [-0.2, 0) is 28.6 Å². The highest BCUT2D eigenvalue weighted by Crippen LogP contribution is 2.17. The van der Waals surface area contributed by atoms with Crippen molar-refractivity contribution in [2.45, 2.75) is 322 Å². The van der Waals surface area contributed by atoms with E-state index in [2.05, 4.69) is 20.8 Å². The Bertz CT molecular complexity index is 905. The molecule has 0 spiro atoms. The lowest BCUT2D eigenvalue weighted by Crippen LogP contribution is -2.30. The lowest BCUT2D eigenvalue weighted by atomic mass is 10.0. The number of ether oxygens (including phenoxy) is 3. The van der Waals surface area contributed by atoms with E-state index in [1.165, 1.54) is 218 Å². The Labute approximate surface area is 380 Å². The van der Waals surface area contributed by atoms with Gasteiger partial charge in [-0.25, -0.2) is 0 Å². The maximum absolute atomic E-state index is 12.8. The van der Waals surface area contributed by atoms with Crippen LogP contribution in [0.1, 0.15) is 316 Å². The van der Waals surface area contributed by atoms with Crippen LogP contribution >= 0.6 is 0 Å². The molecule has 1 atom stereocenters. The number of unbranched alkanes of at least 4 members (excludes halogenated alkanes) is 40. The SMILES string of the molecule is CCCCCCCCCCCCCCCCCCCC(=O)OC[C@H](COC(=O)CCCCCCCCCCCCC)OC(=O)CCCCCCCCCCCCCCCCC. The average molecular weight is 863 g/mol. The third-order valence-electron chi connectivity index (χ3n) is 12.6. The van der Waals surface area contributed by atoms with Crippen molar-refractivity contribution in [1.29, 1.82) is 0 Å². The highest BCUT2D eigenvalue weighted by molar-refractivity contribution is 5.71. The van der Waals surface area contributed by atoms with Gasteiger partial charge in [-0.3, -0.25) is 14.4 Å². The molecular weight excluding hydrogens is 757 g/mol. The van der Waals surface area contributed by atoms with E-state index in [1.54, 1.807) is 0 Å². The molecule has 61 heavy (non-hydrogen) atoms. The molecule has 0 rings (SSSR count). The highest BCUT2D eigenvalue weighted by atomic mass is 16.6. The van der Waals surface area contributed by atoms with Crippen molar-refractivity contribution in [2.75, 3.05) is 13.2 Å². The van der Waals surface area contributed by atoms with E-state index in [9.17, 15) is 14.4 Å². The van der Waals surface area contributed by atoms with Crippen molar-refractivity contribution in [3.63, 3.8) is 0 Å². The van der Waals surface area contributed by atoms with Gasteiger partial charge in [0.15, 0.2) is 6.10 Å². The summed E-state index contributed by atoms with van der Waals surface area (Å²) in [4.78, 5) is 38.0. The summed E-state index contributed by atoms with van der Waals surface area (Å²) < 4.78 is 16.8. The molecule has 0 N–H and O–H groups in total. The topological polar surface area (TPSA) is 78.9 Å². The van der Waals surface area contributed by atoms with Crippen LogP contribution in [0.15, 0.2) is 0 Å². The molecule has 0 aromatic heterocycles. The van der Waals surface area contributed by atoms with E-state index in [1.807, 2.05) is 0 Å². The van der Waals surface area contributed by atoms with Gasteiger partial charge in [-0.1, -0.05) is 278 Å². The van der Waals surface area contributed by atoms with Gasteiger partial charge in [-0.2, -0.15) is 0 Å². The van der Waals surface area contributed by atoms with Crippen LogP contribution in [0.3, 0.4) is 0 Å². The number of hydrogen-bond donors (Lipinski definition) is 0. The van der Waals surface area contributed by atoms with Gasteiger partial charge in [-0.15, -0.1) is 0 Å². The second-order valence-corrected chi connectivity index (χ2v) is 18.9. The normalized spacial score (nSPS) is 11.9. The first-order chi connectivity index (χ1) is 30.0. The van der Waals surface area contributed by atoms with E-state index >= 15 is 0 Å².